The predicted molar refractivity (Wildman–Crippen MR) is 103 cm³/mol. The molecule has 0 aromatic heterocycles. The van der Waals surface area contributed by atoms with Crippen molar-refractivity contribution in [3.8, 4) is 0 Å². The average molecular weight is 385 g/mol. The minimum absolute atomic E-state index is 0.220. The summed E-state index contributed by atoms with van der Waals surface area (Å²) < 4.78 is 12.9. The van der Waals surface area contributed by atoms with Crippen LogP contribution in [0.2, 0.25) is 10.0 Å². The van der Waals surface area contributed by atoms with Crippen molar-refractivity contribution in [1.29, 1.82) is 0 Å². The van der Waals surface area contributed by atoms with Crippen molar-refractivity contribution < 1.29 is 9.50 Å². The Bertz CT molecular complexity index is 671. The van der Waals surface area contributed by atoms with Crippen molar-refractivity contribution in [2.24, 2.45) is 0 Å². The van der Waals surface area contributed by atoms with Gasteiger partial charge in [-0.2, -0.15) is 0 Å². The number of hydrogen-bond donors (Lipinski definition) is 2. The first-order valence-corrected chi connectivity index (χ1v) is 9.05. The molecule has 136 valence electrons. The SMILES string of the molecule is CCN(CCCc1ccc(F)cc1)CC(O)c1cc(Cl)c(N)c(Cl)c1. The maximum absolute atomic E-state index is 12.9. The van der Waals surface area contributed by atoms with Gasteiger partial charge >= 0.3 is 0 Å². The Kier molecular flexibility index (Phi) is 7.51. The van der Waals surface area contributed by atoms with Crippen LogP contribution in [0.3, 0.4) is 0 Å². The Hall–Kier alpha value is -1.33. The first-order valence-electron chi connectivity index (χ1n) is 8.30. The zero-order chi connectivity index (χ0) is 18.4. The molecule has 2 aromatic rings. The van der Waals surface area contributed by atoms with Crippen LogP contribution in [0, 0.1) is 5.82 Å². The van der Waals surface area contributed by atoms with Crippen LogP contribution >= 0.6 is 23.2 Å². The van der Waals surface area contributed by atoms with Crippen LogP contribution in [0.25, 0.3) is 0 Å². The van der Waals surface area contributed by atoms with Crippen LogP contribution in [0.1, 0.15) is 30.6 Å². The van der Waals surface area contributed by atoms with Gasteiger partial charge in [0.1, 0.15) is 5.82 Å². The quantitative estimate of drug-likeness (QED) is 0.648. The minimum atomic E-state index is -0.693. The fourth-order valence-corrected chi connectivity index (χ4v) is 3.19. The number of aryl methyl sites for hydroxylation is 1. The number of nitrogens with two attached hydrogens (primary N) is 1. The van der Waals surface area contributed by atoms with E-state index < -0.39 is 6.10 Å². The zero-order valence-corrected chi connectivity index (χ0v) is 15.7. The van der Waals surface area contributed by atoms with Gasteiger partial charge in [-0.3, -0.25) is 0 Å². The molecule has 2 rings (SSSR count). The fraction of sp³-hybridized carbons (Fsp3) is 0.368. The molecule has 3 N–H and O–H groups in total. The van der Waals surface area contributed by atoms with Gasteiger partial charge in [0.25, 0.3) is 0 Å². The second kappa shape index (κ2) is 9.39. The lowest BCUT2D eigenvalue weighted by atomic mass is 10.1. The molecular weight excluding hydrogens is 362 g/mol. The third kappa shape index (κ3) is 5.86. The molecule has 3 nitrogen and oxygen atoms in total. The highest BCUT2D eigenvalue weighted by Crippen LogP contribution is 2.31. The Morgan fingerprint density at radius 1 is 1.16 bits per heavy atom. The third-order valence-electron chi connectivity index (χ3n) is 4.22. The summed E-state index contributed by atoms with van der Waals surface area (Å²) in [6, 6.07) is 9.87. The summed E-state index contributed by atoms with van der Waals surface area (Å²) in [4.78, 5) is 2.16. The molecule has 2 aromatic carbocycles. The van der Waals surface area contributed by atoms with E-state index in [2.05, 4.69) is 4.90 Å². The molecule has 0 aliphatic rings. The summed E-state index contributed by atoms with van der Waals surface area (Å²) in [5.41, 5.74) is 7.81. The zero-order valence-electron chi connectivity index (χ0n) is 14.2. The van der Waals surface area contributed by atoms with Crippen LogP contribution in [-0.2, 0) is 6.42 Å². The van der Waals surface area contributed by atoms with Crippen molar-refractivity contribution in [2.45, 2.75) is 25.9 Å². The van der Waals surface area contributed by atoms with Gasteiger partial charge in [0, 0.05) is 6.54 Å². The maximum atomic E-state index is 12.9. The molecule has 25 heavy (non-hydrogen) atoms. The topological polar surface area (TPSA) is 49.5 Å². The molecule has 6 heteroatoms. The van der Waals surface area contributed by atoms with Crippen molar-refractivity contribution in [2.75, 3.05) is 25.4 Å². The molecule has 0 heterocycles. The summed E-state index contributed by atoms with van der Waals surface area (Å²) in [5, 5.41) is 11.2. The number of halogens is 3. The highest BCUT2D eigenvalue weighted by Gasteiger charge is 2.15. The molecule has 0 bridgehead atoms. The number of likely N-dealkylation sites (N-methyl/N-ethyl adjacent to an activating group) is 1. The molecule has 0 saturated heterocycles. The highest BCUT2D eigenvalue weighted by atomic mass is 35.5. The second-order valence-corrected chi connectivity index (χ2v) is 6.85. The van der Waals surface area contributed by atoms with Gasteiger partial charge in [-0.25, -0.2) is 4.39 Å². The molecule has 0 aliphatic heterocycles. The van der Waals surface area contributed by atoms with E-state index in [0.29, 0.717) is 27.8 Å². The number of rotatable bonds is 8. The summed E-state index contributed by atoms with van der Waals surface area (Å²) in [6.45, 7) is 4.18. The number of nitrogen functional groups attached to an aromatic ring is 1. The van der Waals surface area contributed by atoms with E-state index in [-0.39, 0.29) is 5.82 Å². The molecule has 1 unspecified atom stereocenters. The van der Waals surface area contributed by atoms with E-state index in [1.165, 1.54) is 12.1 Å². The number of hydrogen-bond acceptors (Lipinski definition) is 3. The molecule has 0 aliphatic carbocycles. The second-order valence-electron chi connectivity index (χ2n) is 6.04. The van der Waals surface area contributed by atoms with Gasteiger partial charge in [0.2, 0.25) is 0 Å². The molecule has 0 saturated carbocycles. The number of nitrogens with zero attached hydrogens (tertiary/aromatic N) is 1. The predicted octanol–water partition coefficient (Wildman–Crippen LogP) is 4.70. The molecule has 0 spiro atoms. The van der Waals surface area contributed by atoms with Gasteiger partial charge in [-0.05, 0) is 61.3 Å². The Labute approximate surface area is 158 Å². The Morgan fingerprint density at radius 2 is 1.76 bits per heavy atom. The van der Waals surface area contributed by atoms with Gasteiger partial charge in [0.15, 0.2) is 0 Å². The molecule has 0 radical (unpaired) electrons. The van der Waals surface area contributed by atoms with Gasteiger partial charge in [-0.15, -0.1) is 0 Å². The summed E-state index contributed by atoms with van der Waals surface area (Å²) >= 11 is 12.1. The van der Waals surface area contributed by atoms with Crippen LogP contribution in [0.15, 0.2) is 36.4 Å². The molecule has 1 atom stereocenters. The van der Waals surface area contributed by atoms with E-state index in [9.17, 15) is 9.50 Å². The van der Waals surface area contributed by atoms with E-state index >= 15 is 0 Å². The number of aliphatic hydroxyl groups excluding tert-OH is 1. The van der Waals surface area contributed by atoms with Crippen molar-refractivity contribution in [3.63, 3.8) is 0 Å². The number of aliphatic hydroxyl groups is 1. The van der Waals surface area contributed by atoms with E-state index in [1.54, 1.807) is 24.3 Å². The highest BCUT2D eigenvalue weighted by molar-refractivity contribution is 6.38. The Morgan fingerprint density at radius 3 is 2.32 bits per heavy atom. The number of anilines is 1. The van der Waals surface area contributed by atoms with E-state index in [1.807, 2.05) is 6.92 Å². The fourth-order valence-electron chi connectivity index (χ4n) is 2.68. The van der Waals surface area contributed by atoms with Crippen LogP contribution in [0.4, 0.5) is 10.1 Å². The monoisotopic (exact) mass is 384 g/mol. The lowest BCUT2D eigenvalue weighted by Crippen LogP contribution is -2.30. The summed E-state index contributed by atoms with van der Waals surface area (Å²) in [6.07, 6.45) is 1.10. The van der Waals surface area contributed by atoms with E-state index in [4.69, 9.17) is 28.9 Å². The normalized spacial score (nSPS) is 12.6. The first kappa shape index (κ1) is 20.0. The average Bonchev–Trinajstić information content (AvgIpc) is 2.59. The summed E-state index contributed by atoms with van der Waals surface area (Å²) in [5.74, 6) is -0.220. The lowest BCUT2D eigenvalue weighted by Gasteiger charge is -2.24. The van der Waals surface area contributed by atoms with Gasteiger partial charge in [0.05, 0.1) is 21.8 Å². The smallest absolute Gasteiger partial charge is 0.123 e. The Balaban J connectivity index is 1.89. The minimum Gasteiger partial charge on any atom is -0.396 e. The lowest BCUT2D eigenvalue weighted by molar-refractivity contribution is 0.115. The molecule has 0 fully saturated rings. The van der Waals surface area contributed by atoms with Crippen molar-refractivity contribution in [1.82, 2.24) is 4.90 Å². The van der Waals surface area contributed by atoms with Crippen LogP contribution in [0.5, 0.6) is 0 Å². The number of benzene rings is 2. The van der Waals surface area contributed by atoms with Crippen LogP contribution < -0.4 is 5.73 Å². The largest absolute Gasteiger partial charge is 0.396 e. The first-order chi connectivity index (χ1) is 11.9. The molecule has 0 amide bonds. The third-order valence-corrected chi connectivity index (χ3v) is 4.84. The van der Waals surface area contributed by atoms with Gasteiger partial charge in [-0.1, -0.05) is 42.3 Å². The van der Waals surface area contributed by atoms with Crippen LogP contribution in [-0.4, -0.2) is 29.6 Å². The van der Waals surface area contributed by atoms with E-state index in [0.717, 1.165) is 31.5 Å². The van der Waals surface area contributed by atoms with Crippen molar-refractivity contribution in [3.05, 3.63) is 63.4 Å². The summed E-state index contributed by atoms with van der Waals surface area (Å²) in [7, 11) is 0. The molecular formula is C19H23Cl2FN2O. The standard InChI is InChI=1S/C19H23Cl2FN2O/c1-2-24(9-3-4-13-5-7-15(22)8-6-13)12-18(25)14-10-16(20)19(23)17(21)11-14/h5-8,10-11,18,25H,2-4,9,12,23H2,1H3. The van der Waals surface area contributed by atoms with Gasteiger partial charge < -0.3 is 15.7 Å². The van der Waals surface area contributed by atoms with Crippen molar-refractivity contribution >= 4 is 28.9 Å². The maximum Gasteiger partial charge on any atom is 0.123 e.